The van der Waals surface area contributed by atoms with Crippen molar-refractivity contribution in [1.82, 2.24) is 10.6 Å². The number of nitrogens with one attached hydrogen (secondary N) is 3. The lowest BCUT2D eigenvalue weighted by Crippen LogP contribution is -2.38. The van der Waals surface area contributed by atoms with Gasteiger partial charge in [0.2, 0.25) is 5.91 Å². The summed E-state index contributed by atoms with van der Waals surface area (Å²) in [6.45, 7) is -0.954. The molecule has 0 bridgehead atoms. The van der Waals surface area contributed by atoms with E-state index in [9.17, 15) is 33.0 Å². The van der Waals surface area contributed by atoms with Crippen LogP contribution in [0.4, 0.5) is 5.69 Å². The molecule has 7 N–H and O–H groups in total. The number of carbonyl (C=O) groups is 3. The Morgan fingerprint density at radius 2 is 1.42 bits per heavy atom. The van der Waals surface area contributed by atoms with Crippen LogP contribution in [-0.2, 0) is 19.4 Å². The van der Waals surface area contributed by atoms with Crippen LogP contribution in [-0.4, -0.2) is 84.5 Å². The molecule has 1 aromatic carbocycles. The second-order valence-corrected chi connectivity index (χ2v) is 10.6. The van der Waals surface area contributed by atoms with Gasteiger partial charge in [-0.05, 0) is 67.8 Å². The van der Waals surface area contributed by atoms with Crippen molar-refractivity contribution >= 4 is 102 Å². The van der Waals surface area contributed by atoms with Gasteiger partial charge in [-0.2, -0.15) is 8.42 Å². The first kappa shape index (κ1) is 30.6. The maximum Gasteiger partial charge on any atom is 0.397 e. The Labute approximate surface area is 229 Å². The summed E-state index contributed by atoms with van der Waals surface area (Å²) in [6, 6.07) is 0. The molecule has 0 saturated carbocycles. The van der Waals surface area contributed by atoms with Gasteiger partial charge in [0.1, 0.15) is 6.10 Å². The Bertz CT molecular complexity index is 1020. The minimum atomic E-state index is -4.88. The fourth-order valence-electron chi connectivity index (χ4n) is 2.31. The number of amides is 3. The average Bonchev–Trinajstić information content (AvgIpc) is 2.71. The molecule has 2 atom stereocenters. The smallest absolute Gasteiger partial charge is 0.394 e. The normalized spacial score (nSPS) is 13.2. The molecule has 0 radical (unpaired) electrons. The van der Waals surface area contributed by atoms with Gasteiger partial charge in [-0.1, -0.05) is 0 Å². The second-order valence-electron chi connectivity index (χ2n) is 6.33. The lowest BCUT2D eigenvalue weighted by atomic mass is 10.1. The minimum Gasteiger partial charge on any atom is -0.394 e. The van der Waals surface area contributed by atoms with Gasteiger partial charge in [-0.25, -0.2) is 4.18 Å². The predicted octanol–water partition coefficient (Wildman–Crippen LogP) is -0.548. The van der Waals surface area contributed by atoms with E-state index in [2.05, 4.69) is 20.1 Å². The van der Waals surface area contributed by atoms with Gasteiger partial charge in [0.05, 0.1) is 43.3 Å². The first-order valence-electron chi connectivity index (χ1n) is 8.83. The number of aliphatic hydroxyl groups is 3. The van der Waals surface area contributed by atoms with E-state index in [0.29, 0.717) is 3.57 Å². The van der Waals surface area contributed by atoms with Crippen LogP contribution in [0.25, 0.3) is 0 Å². The van der Waals surface area contributed by atoms with E-state index >= 15 is 0 Å². The molecule has 0 aliphatic heterocycles. The van der Waals surface area contributed by atoms with E-state index in [1.54, 1.807) is 45.2 Å². The van der Waals surface area contributed by atoms with Crippen molar-refractivity contribution in [2.45, 2.75) is 19.1 Å². The first-order valence-corrected chi connectivity index (χ1v) is 13.4. The largest absolute Gasteiger partial charge is 0.397 e. The monoisotopic (exact) mass is 827 g/mol. The van der Waals surface area contributed by atoms with Crippen LogP contribution >= 0.6 is 67.8 Å². The summed E-state index contributed by atoms with van der Waals surface area (Å²) in [6.07, 6.45) is -2.68. The molecule has 1 aromatic rings. The molecule has 186 valence electrons. The Kier molecular flexibility index (Phi) is 12.6. The first-order chi connectivity index (χ1) is 15.2. The standard InChI is InChI=1S/C16H20I3N3O10S/c1-6(25)22-14-12(18)9(15(27)20-2-7(26)4-23)11(17)10(13(14)19)16(28)21-3-8(5-24)32-33(29,30)31/h7-8,23-24,26H,2-5H2,1H3,(H,20,27)(H,21,28)(H,22,25)(H,29,30,31). The lowest BCUT2D eigenvalue weighted by molar-refractivity contribution is -0.114. The third-order valence-corrected chi connectivity index (χ3v) is 7.48. The van der Waals surface area contributed by atoms with Crippen LogP contribution < -0.4 is 16.0 Å². The molecule has 1 rings (SSSR count). The molecule has 3 amide bonds. The highest BCUT2D eigenvalue weighted by Crippen LogP contribution is 2.35. The van der Waals surface area contributed by atoms with Crippen molar-refractivity contribution in [3.63, 3.8) is 0 Å². The summed E-state index contributed by atoms with van der Waals surface area (Å²) in [5, 5.41) is 35.0. The van der Waals surface area contributed by atoms with E-state index in [1.807, 2.05) is 22.6 Å². The van der Waals surface area contributed by atoms with Crippen LogP contribution in [0.2, 0.25) is 0 Å². The molecule has 0 aliphatic rings. The van der Waals surface area contributed by atoms with E-state index in [-0.39, 0.29) is 30.5 Å². The molecule has 0 saturated heterocycles. The van der Waals surface area contributed by atoms with Gasteiger partial charge in [0, 0.05) is 23.6 Å². The SMILES string of the molecule is CC(=O)Nc1c(I)c(C(=O)NCC(O)CO)c(I)c(C(=O)NCC(CO)OS(=O)(=O)O)c1I. The van der Waals surface area contributed by atoms with Gasteiger partial charge in [-0.15, -0.1) is 0 Å². The van der Waals surface area contributed by atoms with Crippen LogP contribution in [0.1, 0.15) is 27.6 Å². The zero-order chi connectivity index (χ0) is 25.5. The molecular weight excluding hydrogens is 807 g/mol. The third-order valence-electron chi connectivity index (χ3n) is 3.73. The molecule has 33 heavy (non-hydrogen) atoms. The third kappa shape index (κ3) is 9.27. The average molecular weight is 827 g/mol. The van der Waals surface area contributed by atoms with Crippen molar-refractivity contribution < 1.29 is 46.9 Å². The number of benzene rings is 1. The summed E-state index contributed by atoms with van der Waals surface area (Å²) in [7, 11) is -4.88. The number of hydrogen-bond donors (Lipinski definition) is 7. The molecule has 0 aliphatic carbocycles. The number of hydrogen-bond acceptors (Lipinski definition) is 9. The summed E-state index contributed by atoms with van der Waals surface area (Å²) >= 11 is 5.38. The van der Waals surface area contributed by atoms with Crippen molar-refractivity contribution in [2.75, 3.05) is 31.6 Å². The van der Waals surface area contributed by atoms with Gasteiger partial charge >= 0.3 is 10.4 Å². The van der Waals surface area contributed by atoms with Crippen molar-refractivity contribution in [3.05, 3.63) is 21.8 Å². The van der Waals surface area contributed by atoms with Crippen LogP contribution in [0.5, 0.6) is 0 Å². The zero-order valence-corrected chi connectivity index (χ0v) is 24.1. The highest BCUT2D eigenvalue weighted by Gasteiger charge is 2.29. The summed E-state index contributed by atoms with van der Waals surface area (Å²) in [4.78, 5) is 37.4. The van der Waals surface area contributed by atoms with E-state index < -0.39 is 60.1 Å². The van der Waals surface area contributed by atoms with E-state index in [1.165, 1.54) is 6.92 Å². The highest BCUT2D eigenvalue weighted by atomic mass is 127. The number of carbonyl (C=O) groups excluding carboxylic acids is 3. The predicted molar refractivity (Wildman–Crippen MR) is 140 cm³/mol. The van der Waals surface area contributed by atoms with Gasteiger partial charge in [0.25, 0.3) is 11.8 Å². The molecule has 17 heteroatoms. The Hall–Kier alpha value is -0.430. The molecular formula is C16H20I3N3O10S. The van der Waals surface area contributed by atoms with Crippen LogP contribution in [0.3, 0.4) is 0 Å². The maximum atomic E-state index is 12.9. The molecule has 13 nitrogen and oxygen atoms in total. The van der Waals surface area contributed by atoms with Crippen LogP contribution in [0, 0.1) is 10.7 Å². The number of anilines is 1. The number of rotatable bonds is 11. The zero-order valence-electron chi connectivity index (χ0n) is 16.8. The summed E-state index contributed by atoms with van der Waals surface area (Å²) in [5.74, 6) is -1.94. The van der Waals surface area contributed by atoms with Crippen molar-refractivity contribution in [1.29, 1.82) is 0 Å². The Balaban J connectivity index is 3.41. The highest BCUT2D eigenvalue weighted by molar-refractivity contribution is 14.1. The van der Waals surface area contributed by atoms with Gasteiger partial charge in [-0.3, -0.25) is 18.9 Å². The minimum absolute atomic E-state index is 0.0172. The van der Waals surface area contributed by atoms with Crippen molar-refractivity contribution in [2.24, 2.45) is 0 Å². The van der Waals surface area contributed by atoms with E-state index in [0.717, 1.165) is 0 Å². The van der Waals surface area contributed by atoms with Crippen molar-refractivity contribution in [3.8, 4) is 0 Å². The molecule has 0 spiro atoms. The molecule has 0 fully saturated rings. The molecule has 0 aromatic heterocycles. The fourth-order valence-corrected chi connectivity index (χ4v) is 7.20. The number of aliphatic hydroxyl groups excluding tert-OH is 3. The molecule has 2 unspecified atom stereocenters. The van der Waals surface area contributed by atoms with Crippen LogP contribution in [0.15, 0.2) is 0 Å². The van der Waals surface area contributed by atoms with Gasteiger partial charge in [0.15, 0.2) is 0 Å². The van der Waals surface area contributed by atoms with Gasteiger partial charge < -0.3 is 31.3 Å². The second kappa shape index (κ2) is 13.6. The fraction of sp³-hybridized carbons (Fsp3) is 0.438. The summed E-state index contributed by atoms with van der Waals surface area (Å²) < 4.78 is 35.5. The van der Waals surface area contributed by atoms with E-state index in [4.69, 9.17) is 9.66 Å². The quantitative estimate of drug-likeness (QED) is 0.112. The Morgan fingerprint density at radius 3 is 1.82 bits per heavy atom. The number of halogens is 3. The molecule has 0 heterocycles. The lowest BCUT2D eigenvalue weighted by Gasteiger charge is -2.20. The topological polar surface area (TPSA) is 212 Å². The maximum absolute atomic E-state index is 12.9. The Morgan fingerprint density at radius 1 is 0.939 bits per heavy atom. The summed E-state index contributed by atoms with van der Waals surface area (Å²) in [5.41, 5.74) is 0.162.